The molecule has 1 aromatic rings. The van der Waals surface area contributed by atoms with Crippen molar-refractivity contribution in [3.8, 4) is 0 Å². The van der Waals surface area contributed by atoms with Gasteiger partial charge >= 0.3 is 0 Å². The highest BCUT2D eigenvalue weighted by Gasteiger charge is 2.13. The number of hydrogen-bond donors (Lipinski definition) is 2. The Kier molecular flexibility index (Phi) is 4.40. The highest BCUT2D eigenvalue weighted by atomic mass is 15.0. The predicted octanol–water partition coefficient (Wildman–Crippen LogP) is 2.90. The van der Waals surface area contributed by atoms with Gasteiger partial charge in [-0.05, 0) is 25.0 Å². The minimum Gasteiger partial charge on any atom is -0.397 e. The topological polar surface area (TPSA) is 50.9 Å². The van der Waals surface area contributed by atoms with Crippen molar-refractivity contribution in [1.82, 2.24) is 4.98 Å². The van der Waals surface area contributed by atoms with Crippen LogP contribution in [0, 0.1) is 5.92 Å². The first-order valence-corrected chi connectivity index (χ1v) is 5.65. The molecule has 0 saturated carbocycles. The van der Waals surface area contributed by atoms with E-state index in [1.807, 2.05) is 12.1 Å². The largest absolute Gasteiger partial charge is 0.397 e. The lowest BCUT2D eigenvalue weighted by Gasteiger charge is -2.22. The fraction of sp³-hybridized carbons (Fsp3) is 0.583. The molecule has 1 rings (SSSR count). The summed E-state index contributed by atoms with van der Waals surface area (Å²) in [5.41, 5.74) is 6.28. The van der Waals surface area contributed by atoms with Crippen LogP contribution < -0.4 is 11.1 Å². The maximum Gasteiger partial charge on any atom is 0.126 e. The monoisotopic (exact) mass is 207 g/mol. The number of hydrogen-bond acceptors (Lipinski definition) is 3. The highest BCUT2D eigenvalue weighted by molar-refractivity contribution is 5.44. The van der Waals surface area contributed by atoms with E-state index in [0.717, 1.165) is 5.82 Å². The molecule has 3 heteroatoms. The second kappa shape index (κ2) is 5.59. The van der Waals surface area contributed by atoms with E-state index in [1.165, 1.54) is 12.8 Å². The van der Waals surface area contributed by atoms with Crippen molar-refractivity contribution in [2.75, 3.05) is 11.1 Å². The number of aromatic nitrogens is 1. The summed E-state index contributed by atoms with van der Waals surface area (Å²) in [5, 5.41) is 3.40. The van der Waals surface area contributed by atoms with Gasteiger partial charge in [0, 0.05) is 6.04 Å². The van der Waals surface area contributed by atoms with Gasteiger partial charge in [-0.15, -0.1) is 0 Å². The van der Waals surface area contributed by atoms with Crippen LogP contribution in [0.15, 0.2) is 18.3 Å². The molecule has 84 valence electrons. The Labute approximate surface area is 92.1 Å². The van der Waals surface area contributed by atoms with E-state index in [-0.39, 0.29) is 0 Å². The lowest BCUT2D eigenvalue weighted by molar-refractivity contribution is 0.437. The van der Waals surface area contributed by atoms with Crippen molar-refractivity contribution >= 4 is 11.5 Å². The molecule has 1 heterocycles. The van der Waals surface area contributed by atoms with Gasteiger partial charge in [-0.3, -0.25) is 0 Å². The standard InChI is InChI=1S/C12H21N3/c1-4-10(5-2)9(3)15-12-7-6-11(13)8-14-12/h6-10H,4-5,13H2,1-3H3,(H,14,15). The maximum absolute atomic E-state index is 5.58. The lowest BCUT2D eigenvalue weighted by atomic mass is 9.95. The number of nitrogens with two attached hydrogens (primary N) is 1. The summed E-state index contributed by atoms with van der Waals surface area (Å²) >= 11 is 0. The third-order valence-electron chi connectivity index (χ3n) is 2.92. The van der Waals surface area contributed by atoms with E-state index in [2.05, 4.69) is 31.1 Å². The van der Waals surface area contributed by atoms with Crippen LogP contribution in [-0.2, 0) is 0 Å². The quantitative estimate of drug-likeness (QED) is 0.780. The molecule has 0 spiro atoms. The van der Waals surface area contributed by atoms with Crippen molar-refractivity contribution in [1.29, 1.82) is 0 Å². The molecule has 0 aliphatic rings. The van der Waals surface area contributed by atoms with Crippen LogP contribution in [0.1, 0.15) is 33.6 Å². The van der Waals surface area contributed by atoms with Gasteiger partial charge in [0.1, 0.15) is 5.82 Å². The maximum atomic E-state index is 5.58. The number of nitrogen functional groups attached to an aromatic ring is 1. The van der Waals surface area contributed by atoms with Crippen LogP contribution in [0.5, 0.6) is 0 Å². The SMILES string of the molecule is CCC(CC)C(C)Nc1ccc(N)cn1. The molecule has 3 N–H and O–H groups in total. The number of nitrogens with zero attached hydrogens (tertiary/aromatic N) is 1. The summed E-state index contributed by atoms with van der Waals surface area (Å²) in [4.78, 5) is 4.23. The minimum absolute atomic E-state index is 0.455. The summed E-state index contributed by atoms with van der Waals surface area (Å²) in [6.07, 6.45) is 4.07. The Bertz CT molecular complexity index is 277. The number of rotatable bonds is 5. The van der Waals surface area contributed by atoms with Crippen molar-refractivity contribution in [2.45, 2.75) is 39.7 Å². The molecule has 0 radical (unpaired) electrons. The molecule has 0 amide bonds. The summed E-state index contributed by atoms with van der Waals surface area (Å²) in [5.74, 6) is 1.60. The van der Waals surface area contributed by atoms with Gasteiger partial charge < -0.3 is 11.1 Å². The van der Waals surface area contributed by atoms with E-state index in [4.69, 9.17) is 5.73 Å². The average molecular weight is 207 g/mol. The number of anilines is 2. The van der Waals surface area contributed by atoms with Crippen LogP contribution in [0.3, 0.4) is 0 Å². The van der Waals surface area contributed by atoms with E-state index in [1.54, 1.807) is 6.20 Å². The lowest BCUT2D eigenvalue weighted by Crippen LogP contribution is -2.25. The van der Waals surface area contributed by atoms with Crippen LogP contribution in [0.2, 0.25) is 0 Å². The Morgan fingerprint density at radius 3 is 2.47 bits per heavy atom. The normalized spacial score (nSPS) is 12.8. The van der Waals surface area contributed by atoms with Gasteiger partial charge in [-0.2, -0.15) is 0 Å². The first-order valence-electron chi connectivity index (χ1n) is 5.65. The van der Waals surface area contributed by atoms with E-state index in [9.17, 15) is 0 Å². The second-order valence-corrected chi connectivity index (χ2v) is 3.99. The predicted molar refractivity (Wildman–Crippen MR) is 65.8 cm³/mol. The van der Waals surface area contributed by atoms with Gasteiger partial charge in [0.15, 0.2) is 0 Å². The molecule has 0 aliphatic carbocycles. The molecule has 0 saturated heterocycles. The molecule has 3 nitrogen and oxygen atoms in total. The summed E-state index contributed by atoms with van der Waals surface area (Å²) in [7, 11) is 0. The molecular formula is C12H21N3. The molecule has 1 aromatic heterocycles. The summed E-state index contributed by atoms with van der Waals surface area (Å²) < 4.78 is 0. The molecule has 0 aliphatic heterocycles. The zero-order valence-electron chi connectivity index (χ0n) is 9.83. The first kappa shape index (κ1) is 11.8. The third kappa shape index (κ3) is 3.42. The Balaban J connectivity index is 2.57. The molecule has 1 unspecified atom stereocenters. The zero-order chi connectivity index (χ0) is 11.3. The van der Waals surface area contributed by atoms with Crippen molar-refractivity contribution < 1.29 is 0 Å². The molecule has 0 aromatic carbocycles. The van der Waals surface area contributed by atoms with Gasteiger partial charge in [-0.25, -0.2) is 4.98 Å². The van der Waals surface area contributed by atoms with Gasteiger partial charge in [0.2, 0.25) is 0 Å². The zero-order valence-corrected chi connectivity index (χ0v) is 9.83. The van der Waals surface area contributed by atoms with Crippen molar-refractivity contribution in [3.63, 3.8) is 0 Å². The Hall–Kier alpha value is -1.25. The Morgan fingerprint density at radius 1 is 1.33 bits per heavy atom. The smallest absolute Gasteiger partial charge is 0.126 e. The number of nitrogens with one attached hydrogen (secondary N) is 1. The fourth-order valence-corrected chi connectivity index (χ4v) is 1.84. The molecule has 15 heavy (non-hydrogen) atoms. The molecule has 1 atom stereocenters. The van der Waals surface area contributed by atoms with Crippen LogP contribution in [0.25, 0.3) is 0 Å². The van der Waals surface area contributed by atoms with E-state index >= 15 is 0 Å². The van der Waals surface area contributed by atoms with Gasteiger partial charge in [-0.1, -0.05) is 26.7 Å². The fourth-order valence-electron chi connectivity index (χ4n) is 1.84. The average Bonchev–Trinajstić information content (AvgIpc) is 2.23. The Morgan fingerprint density at radius 2 is 2.00 bits per heavy atom. The van der Waals surface area contributed by atoms with E-state index in [0.29, 0.717) is 17.6 Å². The third-order valence-corrected chi connectivity index (χ3v) is 2.92. The van der Waals surface area contributed by atoms with Gasteiger partial charge in [0.25, 0.3) is 0 Å². The van der Waals surface area contributed by atoms with E-state index < -0.39 is 0 Å². The summed E-state index contributed by atoms with van der Waals surface area (Å²) in [6.45, 7) is 6.65. The van der Waals surface area contributed by atoms with Crippen molar-refractivity contribution in [2.24, 2.45) is 5.92 Å². The minimum atomic E-state index is 0.455. The summed E-state index contributed by atoms with van der Waals surface area (Å²) in [6, 6.07) is 4.25. The second-order valence-electron chi connectivity index (χ2n) is 3.99. The molecule has 0 fully saturated rings. The van der Waals surface area contributed by atoms with Crippen LogP contribution >= 0.6 is 0 Å². The van der Waals surface area contributed by atoms with Crippen LogP contribution in [-0.4, -0.2) is 11.0 Å². The van der Waals surface area contributed by atoms with Gasteiger partial charge in [0.05, 0.1) is 11.9 Å². The number of pyridine rings is 1. The van der Waals surface area contributed by atoms with Crippen molar-refractivity contribution in [3.05, 3.63) is 18.3 Å². The molecule has 0 bridgehead atoms. The van der Waals surface area contributed by atoms with Crippen LogP contribution in [0.4, 0.5) is 11.5 Å². The highest BCUT2D eigenvalue weighted by Crippen LogP contribution is 2.17. The molecular weight excluding hydrogens is 186 g/mol. The first-order chi connectivity index (χ1) is 7.17.